The quantitative estimate of drug-likeness (QED) is 0.736. The molecule has 0 bridgehead atoms. The first kappa shape index (κ1) is 17.2. The Morgan fingerprint density at radius 3 is 2.76 bits per heavy atom. The normalized spacial score (nSPS) is 17.1. The molecule has 0 unspecified atom stereocenters. The molecule has 0 aromatic heterocycles. The van der Waals surface area contributed by atoms with Gasteiger partial charge in [0.25, 0.3) is 5.91 Å². The number of hydrogen-bond donors (Lipinski definition) is 3. The number of allylic oxidation sites excluding steroid dienone is 1. The SMILES string of the molecule is CCOc1ccc2ccccc2c1[C@H]1NC(=S)NC(C)=C1C(=O)NC. The van der Waals surface area contributed by atoms with Crippen molar-refractivity contribution in [1.82, 2.24) is 16.0 Å². The predicted molar refractivity (Wildman–Crippen MR) is 103 cm³/mol. The van der Waals surface area contributed by atoms with Crippen LogP contribution in [-0.4, -0.2) is 24.7 Å². The first-order valence-corrected chi connectivity index (χ1v) is 8.62. The van der Waals surface area contributed by atoms with E-state index in [0.29, 0.717) is 17.3 Å². The van der Waals surface area contributed by atoms with Crippen LogP contribution in [0.5, 0.6) is 5.75 Å². The van der Waals surface area contributed by atoms with Crippen LogP contribution in [0.4, 0.5) is 0 Å². The molecule has 5 nitrogen and oxygen atoms in total. The number of ether oxygens (including phenoxy) is 1. The van der Waals surface area contributed by atoms with Gasteiger partial charge in [-0.1, -0.05) is 30.3 Å². The van der Waals surface area contributed by atoms with E-state index in [9.17, 15) is 4.79 Å². The van der Waals surface area contributed by atoms with Crippen molar-refractivity contribution in [3.63, 3.8) is 0 Å². The molecule has 0 saturated carbocycles. The Morgan fingerprint density at radius 1 is 1.28 bits per heavy atom. The highest BCUT2D eigenvalue weighted by Gasteiger charge is 2.32. The zero-order chi connectivity index (χ0) is 18.0. The lowest BCUT2D eigenvalue weighted by Crippen LogP contribution is -2.46. The van der Waals surface area contributed by atoms with Crippen molar-refractivity contribution in [2.24, 2.45) is 0 Å². The van der Waals surface area contributed by atoms with Crippen molar-refractivity contribution in [2.75, 3.05) is 13.7 Å². The van der Waals surface area contributed by atoms with E-state index >= 15 is 0 Å². The van der Waals surface area contributed by atoms with Gasteiger partial charge in [-0.3, -0.25) is 4.79 Å². The van der Waals surface area contributed by atoms with Crippen molar-refractivity contribution < 1.29 is 9.53 Å². The molecule has 0 fully saturated rings. The monoisotopic (exact) mass is 355 g/mol. The third-order valence-electron chi connectivity index (χ3n) is 4.26. The topological polar surface area (TPSA) is 62.4 Å². The second-order valence-corrected chi connectivity index (χ2v) is 6.19. The highest BCUT2D eigenvalue weighted by atomic mass is 32.1. The highest BCUT2D eigenvalue weighted by molar-refractivity contribution is 7.80. The van der Waals surface area contributed by atoms with Crippen molar-refractivity contribution in [1.29, 1.82) is 0 Å². The molecule has 3 N–H and O–H groups in total. The summed E-state index contributed by atoms with van der Waals surface area (Å²) in [7, 11) is 1.62. The van der Waals surface area contributed by atoms with Gasteiger partial charge in [0.2, 0.25) is 0 Å². The van der Waals surface area contributed by atoms with Gasteiger partial charge in [0.15, 0.2) is 5.11 Å². The smallest absolute Gasteiger partial charge is 0.251 e. The van der Waals surface area contributed by atoms with Crippen LogP contribution in [0.15, 0.2) is 47.7 Å². The molecule has 25 heavy (non-hydrogen) atoms. The van der Waals surface area contributed by atoms with E-state index in [2.05, 4.69) is 16.0 Å². The van der Waals surface area contributed by atoms with Crippen LogP contribution in [0.25, 0.3) is 10.8 Å². The van der Waals surface area contributed by atoms with Crippen LogP contribution in [0, 0.1) is 0 Å². The number of nitrogens with one attached hydrogen (secondary N) is 3. The van der Waals surface area contributed by atoms with Crippen molar-refractivity contribution in [3.05, 3.63) is 53.2 Å². The van der Waals surface area contributed by atoms with Crippen molar-refractivity contribution >= 4 is 34.0 Å². The summed E-state index contributed by atoms with van der Waals surface area (Å²) in [5.41, 5.74) is 2.26. The molecular formula is C19H21N3O2S. The average molecular weight is 355 g/mol. The lowest BCUT2D eigenvalue weighted by Gasteiger charge is -2.31. The van der Waals surface area contributed by atoms with Crippen LogP contribution in [0.1, 0.15) is 25.5 Å². The van der Waals surface area contributed by atoms with Gasteiger partial charge in [-0.15, -0.1) is 0 Å². The molecule has 0 aliphatic carbocycles. The minimum absolute atomic E-state index is 0.152. The van der Waals surface area contributed by atoms with Gasteiger partial charge >= 0.3 is 0 Å². The Labute approximate surface area is 152 Å². The van der Waals surface area contributed by atoms with E-state index in [1.54, 1.807) is 7.05 Å². The number of thiocarbonyl (C=S) groups is 1. The first-order valence-electron chi connectivity index (χ1n) is 8.21. The third kappa shape index (κ3) is 3.17. The molecule has 1 aliphatic rings. The van der Waals surface area contributed by atoms with Gasteiger partial charge in [0, 0.05) is 18.3 Å². The van der Waals surface area contributed by atoms with Crippen LogP contribution in [0.3, 0.4) is 0 Å². The summed E-state index contributed by atoms with van der Waals surface area (Å²) in [5.74, 6) is 0.595. The number of benzene rings is 2. The van der Waals surface area contributed by atoms with Crippen molar-refractivity contribution in [2.45, 2.75) is 19.9 Å². The number of rotatable bonds is 4. The molecule has 130 valence electrons. The largest absolute Gasteiger partial charge is 0.493 e. The maximum absolute atomic E-state index is 12.5. The van der Waals surface area contributed by atoms with E-state index in [1.165, 1.54) is 0 Å². The number of amides is 1. The predicted octanol–water partition coefficient (Wildman–Crippen LogP) is 2.78. The molecule has 6 heteroatoms. The fraction of sp³-hybridized carbons (Fsp3) is 0.263. The van der Waals surface area contributed by atoms with Crippen molar-refractivity contribution in [3.8, 4) is 5.75 Å². The van der Waals surface area contributed by atoms with E-state index in [0.717, 1.165) is 27.8 Å². The number of hydrogen-bond acceptors (Lipinski definition) is 3. The minimum atomic E-state index is -0.388. The Hall–Kier alpha value is -2.60. The van der Waals surface area contributed by atoms with E-state index in [1.807, 2.05) is 50.2 Å². The lowest BCUT2D eigenvalue weighted by atomic mass is 9.90. The minimum Gasteiger partial charge on any atom is -0.493 e. The Morgan fingerprint density at radius 2 is 2.04 bits per heavy atom. The Kier molecular flexibility index (Phi) is 4.90. The molecule has 1 heterocycles. The van der Waals surface area contributed by atoms with Gasteiger partial charge in [-0.05, 0) is 42.9 Å². The molecule has 1 aliphatic heterocycles. The fourth-order valence-electron chi connectivity index (χ4n) is 3.20. The van der Waals surface area contributed by atoms with Gasteiger partial charge < -0.3 is 20.7 Å². The van der Waals surface area contributed by atoms with Gasteiger partial charge in [0.05, 0.1) is 18.2 Å². The summed E-state index contributed by atoms with van der Waals surface area (Å²) in [6, 6.07) is 11.6. The Bertz CT molecular complexity index is 876. The number of likely N-dealkylation sites (N-methyl/N-ethyl adjacent to an activating group) is 1. The lowest BCUT2D eigenvalue weighted by molar-refractivity contribution is -0.117. The van der Waals surface area contributed by atoms with Gasteiger partial charge in [0.1, 0.15) is 5.75 Å². The molecular weight excluding hydrogens is 334 g/mol. The molecule has 2 aromatic carbocycles. The van der Waals surface area contributed by atoms with Gasteiger partial charge in [-0.2, -0.15) is 0 Å². The average Bonchev–Trinajstić information content (AvgIpc) is 2.60. The summed E-state index contributed by atoms with van der Waals surface area (Å²) in [6.07, 6.45) is 0. The van der Waals surface area contributed by atoms with Gasteiger partial charge in [-0.25, -0.2) is 0 Å². The summed E-state index contributed by atoms with van der Waals surface area (Å²) in [5, 5.41) is 11.6. The second kappa shape index (κ2) is 7.11. The fourth-order valence-corrected chi connectivity index (χ4v) is 3.47. The van der Waals surface area contributed by atoms with E-state index in [4.69, 9.17) is 17.0 Å². The molecule has 3 rings (SSSR count). The maximum Gasteiger partial charge on any atom is 0.251 e. The molecule has 2 aromatic rings. The Balaban J connectivity index is 2.28. The number of carbonyl (C=O) groups is 1. The number of carbonyl (C=O) groups excluding carboxylic acids is 1. The van der Waals surface area contributed by atoms with E-state index < -0.39 is 0 Å². The summed E-state index contributed by atoms with van der Waals surface area (Å²) in [6.45, 7) is 4.34. The molecule has 0 spiro atoms. The van der Waals surface area contributed by atoms with Crippen LogP contribution in [-0.2, 0) is 4.79 Å². The number of fused-ring (bicyclic) bond motifs is 1. The summed E-state index contributed by atoms with van der Waals surface area (Å²) < 4.78 is 5.87. The molecule has 0 saturated heterocycles. The molecule has 0 radical (unpaired) electrons. The maximum atomic E-state index is 12.5. The first-order chi connectivity index (χ1) is 12.1. The van der Waals surface area contributed by atoms with Crippen LogP contribution in [0.2, 0.25) is 0 Å². The van der Waals surface area contributed by atoms with Crippen LogP contribution < -0.4 is 20.7 Å². The highest BCUT2D eigenvalue weighted by Crippen LogP contribution is 2.38. The van der Waals surface area contributed by atoms with Crippen LogP contribution >= 0.6 is 12.2 Å². The zero-order valence-corrected chi connectivity index (χ0v) is 15.3. The third-order valence-corrected chi connectivity index (χ3v) is 4.48. The standard InChI is InChI=1S/C19H21N3O2S/c1-4-24-14-10-9-12-7-5-6-8-13(12)16(14)17-15(18(23)20-3)11(2)21-19(25)22-17/h5-10,17H,4H2,1-3H3,(H,20,23)(H2,21,22,25)/t17-/m0/s1. The second-order valence-electron chi connectivity index (χ2n) is 5.78. The van der Waals surface area contributed by atoms with E-state index in [-0.39, 0.29) is 11.9 Å². The summed E-state index contributed by atoms with van der Waals surface area (Å²) in [4.78, 5) is 12.5. The zero-order valence-electron chi connectivity index (χ0n) is 14.5. The molecule has 1 atom stereocenters. The molecule has 1 amide bonds. The summed E-state index contributed by atoms with van der Waals surface area (Å²) >= 11 is 5.34.